The van der Waals surface area contributed by atoms with Crippen molar-refractivity contribution in [2.24, 2.45) is 5.73 Å². The number of hydrogen-bond acceptors (Lipinski definition) is 6. The highest BCUT2D eigenvalue weighted by molar-refractivity contribution is 8.00. The Kier molecular flexibility index (Phi) is 4.46. The molecule has 0 aromatic rings. The Labute approximate surface area is 140 Å². The summed E-state index contributed by atoms with van der Waals surface area (Å²) in [4.78, 5) is 26.5. The van der Waals surface area contributed by atoms with Crippen molar-refractivity contribution in [3.05, 3.63) is 11.3 Å². The van der Waals surface area contributed by atoms with E-state index in [4.69, 9.17) is 15.2 Å². The molecule has 7 heteroatoms. The smallest absolute Gasteiger partial charge is 0.355 e. The Balaban J connectivity index is 1.94. The van der Waals surface area contributed by atoms with Gasteiger partial charge in [-0.25, -0.2) is 4.79 Å². The van der Waals surface area contributed by atoms with Crippen molar-refractivity contribution in [3.8, 4) is 0 Å². The van der Waals surface area contributed by atoms with Crippen LogP contribution in [-0.4, -0.2) is 52.3 Å². The summed E-state index contributed by atoms with van der Waals surface area (Å²) in [6.07, 6.45) is 2.87. The van der Waals surface area contributed by atoms with Gasteiger partial charge in [-0.05, 0) is 45.6 Å². The highest BCUT2D eigenvalue weighted by atomic mass is 32.2. The van der Waals surface area contributed by atoms with Crippen molar-refractivity contribution >= 4 is 23.6 Å². The van der Waals surface area contributed by atoms with Gasteiger partial charge in [-0.2, -0.15) is 0 Å². The van der Waals surface area contributed by atoms with Crippen LogP contribution in [0.2, 0.25) is 0 Å². The highest BCUT2D eigenvalue weighted by Crippen LogP contribution is 2.42. The van der Waals surface area contributed by atoms with Crippen LogP contribution in [0, 0.1) is 0 Å². The maximum atomic E-state index is 12.7. The van der Waals surface area contributed by atoms with Gasteiger partial charge in [0, 0.05) is 12.4 Å². The second-order valence-electron chi connectivity index (χ2n) is 7.17. The maximum absolute atomic E-state index is 12.7. The molecule has 0 bridgehead atoms. The Morgan fingerprint density at radius 2 is 2.13 bits per heavy atom. The minimum absolute atomic E-state index is 0.107. The molecule has 23 heavy (non-hydrogen) atoms. The van der Waals surface area contributed by atoms with Gasteiger partial charge in [-0.3, -0.25) is 9.69 Å². The number of hydrogen-bond donors (Lipinski definition) is 1. The maximum Gasteiger partial charge on any atom is 0.355 e. The van der Waals surface area contributed by atoms with E-state index >= 15 is 0 Å². The highest BCUT2D eigenvalue weighted by Gasteiger charge is 2.53. The Bertz CT molecular complexity index is 549. The van der Waals surface area contributed by atoms with E-state index in [9.17, 15) is 9.59 Å². The molecule has 3 rings (SSSR count). The van der Waals surface area contributed by atoms with Crippen LogP contribution in [0.3, 0.4) is 0 Å². The molecule has 0 aromatic carbocycles. The SMILES string of the molecule is CC(C)(C)OC(=O)C1=C([C@H]2CCCCO2)CS[C@@H]2[C@H](N)C(=O)N12. The molecule has 0 aromatic heterocycles. The molecule has 0 aliphatic carbocycles. The second-order valence-corrected chi connectivity index (χ2v) is 8.27. The first-order chi connectivity index (χ1) is 10.8. The number of esters is 1. The first kappa shape index (κ1) is 16.8. The lowest BCUT2D eigenvalue weighted by atomic mass is 9.97. The number of ether oxygens (including phenoxy) is 2. The summed E-state index contributed by atoms with van der Waals surface area (Å²) >= 11 is 1.60. The lowest BCUT2D eigenvalue weighted by Crippen LogP contribution is -2.69. The van der Waals surface area contributed by atoms with Gasteiger partial charge >= 0.3 is 5.97 Å². The van der Waals surface area contributed by atoms with Gasteiger partial charge in [0.15, 0.2) is 0 Å². The predicted octanol–water partition coefficient (Wildman–Crippen LogP) is 1.39. The summed E-state index contributed by atoms with van der Waals surface area (Å²) in [7, 11) is 0. The molecule has 3 aliphatic heterocycles. The van der Waals surface area contributed by atoms with Gasteiger partial charge in [-0.15, -0.1) is 11.8 Å². The molecule has 1 amide bonds. The number of nitrogens with zero attached hydrogens (tertiary/aromatic N) is 1. The minimum atomic E-state index is -0.612. The van der Waals surface area contributed by atoms with Crippen LogP contribution in [0.1, 0.15) is 40.0 Å². The van der Waals surface area contributed by atoms with Crippen LogP contribution in [0.4, 0.5) is 0 Å². The van der Waals surface area contributed by atoms with Crippen molar-refractivity contribution in [2.45, 2.75) is 63.2 Å². The average molecular weight is 340 g/mol. The first-order valence-corrected chi connectivity index (χ1v) is 9.13. The number of β-lactam (4-membered cyclic amide) rings is 1. The third-order valence-corrected chi connectivity index (χ3v) is 5.52. The van der Waals surface area contributed by atoms with Crippen molar-refractivity contribution in [1.82, 2.24) is 4.90 Å². The Hall–Kier alpha value is -1.05. The molecule has 0 radical (unpaired) electrons. The van der Waals surface area contributed by atoms with Crippen LogP contribution in [0.25, 0.3) is 0 Å². The molecule has 0 unspecified atom stereocenters. The van der Waals surface area contributed by atoms with Gasteiger partial charge in [0.05, 0.1) is 6.10 Å². The molecule has 2 saturated heterocycles. The number of nitrogens with two attached hydrogens (primary N) is 1. The van der Waals surface area contributed by atoms with E-state index in [1.165, 1.54) is 4.90 Å². The summed E-state index contributed by atoms with van der Waals surface area (Å²) in [5.74, 6) is -0.00918. The number of rotatable bonds is 2. The summed E-state index contributed by atoms with van der Waals surface area (Å²) in [5, 5.41) is -0.169. The van der Waals surface area contributed by atoms with Gasteiger partial charge in [0.2, 0.25) is 5.91 Å². The molecular formula is C16H24N2O4S. The monoisotopic (exact) mass is 340 g/mol. The standard InChI is InChI=1S/C16H24N2O4S/c1-16(2,3)22-15(20)12-9(10-6-4-5-7-21-10)8-23-14-11(17)13(19)18(12)14/h10-11,14H,4-8,17H2,1-3H3/t10-,11-,14-/m1/s1. The van der Waals surface area contributed by atoms with E-state index in [1.54, 1.807) is 11.8 Å². The number of thioether (sulfide) groups is 1. The predicted molar refractivity (Wildman–Crippen MR) is 87.5 cm³/mol. The average Bonchev–Trinajstić information content (AvgIpc) is 2.51. The topological polar surface area (TPSA) is 81.9 Å². The summed E-state index contributed by atoms with van der Waals surface area (Å²) in [5.41, 5.74) is 6.50. The zero-order valence-electron chi connectivity index (χ0n) is 13.8. The fraction of sp³-hybridized carbons (Fsp3) is 0.750. The lowest BCUT2D eigenvalue weighted by molar-refractivity contribution is -0.158. The fourth-order valence-corrected chi connectivity index (χ4v) is 4.47. The fourth-order valence-electron chi connectivity index (χ4n) is 3.12. The minimum Gasteiger partial charge on any atom is -0.455 e. The molecule has 0 saturated carbocycles. The molecule has 2 N–H and O–H groups in total. The van der Waals surface area contributed by atoms with Crippen LogP contribution >= 0.6 is 11.8 Å². The molecule has 6 nitrogen and oxygen atoms in total. The van der Waals surface area contributed by atoms with E-state index in [0.29, 0.717) is 18.1 Å². The molecule has 3 heterocycles. The van der Waals surface area contributed by atoms with Crippen LogP contribution in [-0.2, 0) is 19.1 Å². The summed E-state index contributed by atoms with van der Waals surface area (Å²) in [6, 6.07) is -0.536. The van der Waals surface area contributed by atoms with Crippen molar-refractivity contribution in [1.29, 1.82) is 0 Å². The molecule has 2 fully saturated rings. The van der Waals surface area contributed by atoms with E-state index in [0.717, 1.165) is 24.8 Å². The largest absolute Gasteiger partial charge is 0.455 e. The normalized spacial score (nSPS) is 31.6. The molecule has 128 valence electrons. The number of fused-ring (bicyclic) bond motifs is 1. The summed E-state index contributed by atoms with van der Waals surface area (Å²) in [6.45, 7) is 6.15. The second kappa shape index (κ2) is 6.11. The zero-order valence-corrected chi connectivity index (χ0v) is 14.6. The van der Waals surface area contributed by atoms with Gasteiger partial charge in [-0.1, -0.05) is 0 Å². The van der Waals surface area contributed by atoms with Crippen LogP contribution in [0.5, 0.6) is 0 Å². The van der Waals surface area contributed by atoms with E-state index in [-0.39, 0.29) is 17.4 Å². The van der Waals surface area contributed by atoms with E-state index in [2.05, 4.69) is 0 Å². The summed E-state index contributed by atoms with van der Waals surface area (Å²) < 4.78 is 11.4. The molecule has 3 aliphatic rings. The Morgan fingerprint density at radius 3 is 2.74 bits per heavy atom. The van der Waals surface area contributed by atoms with Crippen LogP contribution in [0.15, 0.2) is 11.3 Å². The molecular weight excluding hydrogens is 316 g/mol. The number of carbonyl (C=O) groups excluding carboxylic acids is 2. The number of carbonyl (C=O) groups is 2. The molecule has 3 atom stereocenters. The zero-order chi connectivity index (χ0) is 16.8. The lowest BCUT2D eigenvalue weighted by Gasteiger charge is -2.49. The third-order valence-electron chi connectivity index (χ3n) is 4.20. The van der Waals surface area contributed by atoms with Gasteiger partial charge in [0.1, 0.15) is 22.7 Å². The van der Waals surface area contributed by atoms with Crippen LogP contribution < -0.4 is 5.73 Å². The van der Waals surface area contributed by atoms with Crippen molar-refractivity contribution in [2.75, 3.05) is 12.4 Å². The van der Waals surface area contributed by atoms with E-state index in [1.807, 2.05) is 20.8 Å². The number of amides is 1. The third kappa shape index (κ3) is 3.14. The van der Waals surface area contributed by atoms with Gasteiger partial charge in [0.25, 0.3) is 0 Å². The quantitative estimate of drug-likeness (QED) is 0.604. The Morgan fingerprint density at radius 1 is 1.39 bits per heavy atom. The first-order valence-electron chi connectivity index (χ1n) is 8.08. The molecule has 0 spiro atoms. The van der Waals surface area contributed by atoms with E-state index < -0.39 is 17.6 Å². The van der Waals surface area contributed by atoms with Crippen molar-refractivity contribution < 1.29 is 19.1 Å². The van der Waals surface area contributed by atoms with Crippen molar-refractivity contribution in [3.63, 3.8) is 0 Å². The van der Waals surface area contributed by atoms with Gasteiger partial charge < -0.3 is 15.2 Å².